The van der Waals surface area contributed by atoms with E-state index >= 15 is 0 Å². The number of hydrogen-bond donors (Lipinski definition) is 0. The molecule has 0 saturated carbocycles. The van der Waals surface area contributed by atoms with Gasteiger partial charge in [-0.25, -0.2) is 0 Å². The van der Waals surface area contributed by atoms with Crippen molar-refractivity contribution >= 4 is 46.0 Å². The van der Waals surface area contributed by atoms with E-state index in [2.05, 4.69) is 0 Å². The molecule has 0 bridgehead atoms. The Morgan fingerprint density at radius 1 is 0.667 bits per heavy atom. The van der Waals surface area contributed by atoms with Crippen LogP contribution in [-0.2, 0) is 0 Å². The van der Waals surface area contributed by atoms with Gasteiger partial charge in [0.15, 0.2) is 0 Å². The van der Waals surface area contributed by atoms with Gasteiger partial charge < -0.3 is 0 Å². The average Bonchev–Trinajstić information content (AvgIpc) is 2.03. The molecule has 9 heteroatoms. The molecule has 0 N–H and O–H groups in total. The molecule has 0 heterocycles. The van der Waals surface area contributed by atoms with Gasteiger partial charge in [0.1, 0.15) is 0 Å². The van der Waals surface area contributed by atoms with Crippen molar-refractivity contribution in [2.24, 2.45) is 0 Å². The number of rotatable bonds is 6. The summed E-state index contributed by atoms with van der Waals surface area (Å²) in [6.07, 6.45) is -10.7. The third-order valence-electron chi connectivity index (χ3n) is 1.23. The zero-order valence-corrected chi connectivity index (χ0v) is 11.8. The van der Waals surface area contributed by atoms with Crippen LogP contribution in [0.25, 0.3) is 0 Å². The first-order valence-corrected chi connectivity index (χ1v) is 7.54. The summed E-state index contributed by atoms with van der Waals surface area (Å²) in [6, 6.07) is 0. The minimum absolute atomic E-state index is 0. The van der Waals surface area contributed by atoms with E-state index < -0.39 is 55.2 Å². The second-order valence-corrected chi connectivity index (χ2v) is 6.12. The Labute approximate surface area is 106 Å². The van der Waals surface area contributed by atoms with E-state index in [9.17, 15) is 26.3 Å². The summed E-state index contributed by atoms with van der Waals surface area (Å²) in [5.41, 5.74) is 0. The Morgan fingerprint density at radius 3 is 1.13 bits per heavy atom. The fraction of sp³-hybridized carbons (Fsp3) is 1.00. The van der Waals surface area contributed by atoms with Gasteiger partial charge in [0.2, 0.25) is 0 Å². The van der Waals surface area contributed by atoms with Gasteiger partial charge in [-0.2, -0.15) is 0 Å². The van der Waals surface area contributed by atoms with E-state index in [1.165, 1.54) is 0 Å². The predicted molar refractivity (Wildman–Crippen MR) is 51.7 cm³/mol. The van der Waals surface area contributed by atoms with Crippen LogP contribution in [0.4, 0.5) is 26.3 Å². The Morgan fingerprint density at radius 2 is 0.933 bits per heavy atom. The first kappa shape index (κ1) is 21.3. The summed E-state index contributed by atoms with van der Waals surface area (Å²) in [5.74, 6) is 0. The third kappa shape index (κ3) is 11.2. The predicted octanol–water partition coefficient (Wildman–Crippen LogP) is 3.58. The van der Waals surface area contributed by atoms with Crippen LogP contribution in [-0.4, -0.2) is 46.3 Å². The molecule has 0 amide bonds. The molecule has 94 valence electrons. The van der Waals surface area contributed by atoms with Crippen molar-refractivity contribution in [2.75, 3.05) is 0 Å². The normalized spacial score (nSPS) is 14.4. The maximum atomic E-state index is 12.2. The first-order chi connectivity index (χ1) is 5.95. The van der Waals surface area contributed by atoms with Gasteiger partial charge in [-0.3, -0.25) is 0 Å². The zero-order chi connectivity index (χ0) is 10.4. The standard InChI is InChI=1S/2C3H4F3.2ClH.Sn/c2*1-2(4)3(5)6;;;/h2*2-3H,1H2;2*1H;. The fourth-order valence-electron chi connectivity index (χ4n) is 0.537. The van der Waals surface area contributed by atoms with Gasteiger partial charge in [0.25, 0.3) is 0 Å². The summed E-state index contributed by atoms with van der Waals surface area (Å²) >= 11 is -1.74. The monoisotopic (exact) mass is 386 g/mol. The summed E-state index contributed by atoms with van der Waals surface area (Å²) in [6.45, 7) is 0. The molecule has 15 heavy (non-hydrogen) atoms. The van der Waals surface area contributed by atoms with E-state index in [0.717, 1.165) is 0 Å². The van der Waals surface area contributed by atoms with Crippen molar-refractivity contribution in [3.63, 3.8) is 0 Å². The van der Waals surface area contributed by atoms with Crippen molar-refractivity contribution in [1.82, 2.24) is 0 Å². The van der Waals surface area contributed by atoms with Gasteiger partial charge in [0, 0.05) is 0 Å². The molecule has 0 aliphatic carbocycles. The third-order valence-corrected chi connectivity index (χ3v) is 5.10. The van der Waals surface area contributed by atoms with Crippen LogP contribution in [0.5, 0.6) is 0 Å². The Bertz CT molecular complexity index is 125. The van der Waals surface area contributed by atoms with Crippen LogP contribution in [0.1, 0.15) is 0 Å². The Kier molecular flexibility index (Phi) is 16.2. The van der Waals surface area contributed by atoms with Crippen molar-refractivity contribution in [2.45, 2.75) is 34.1 Å². The maximum absolute atomic E-state index is 12.2. The van der Waals surface area contributed by atoms with Gasteiger partial charge in [-0.05, 0) is 0 Å². The Balaban J connectivity index is -0.000000720. The summed E-state index contributed by atoms with van der Waals surface area (Å²) in [7, 11) is 0. The molecule has 0 aromatic carbocycles. The first-order valence-electron chi connectivity index (χ1n) is 3.50. The summed E-state index contributed by atoms with van der Waals surface area (Å²) < 4.78 is 69.6. The molecular weight excluding hydrogens is 376 g/mol. The second-order valence-electron chi connectivity index (χ2n) is 2.36. The molecule has 0 aromatic heterocycles. The van der Waals surface area contributed by atoms with E-state index in [-0.39, 0.29) is 24.8 Å². The molecule has 2 atom stereocenters. The van der Waals surface area contributed by atoms with Gasteiger partial charge >= 0.3 is 81.6 Å². The molecule has 0 aromatic rings. The summed E-state index contributed by atoms with van der Waals surface area (Å²) in [4.78, 5) is 0. The molecule has 2 radical (unpaired) electrons. The van der Waals surface area contributed by atoms with Crippen molar-refractivity contribution in [3.8, 4) is 0 Å². The molecular formula is C6H10Cl2F6Sn. The molecule has 0 aliphatic heterocycles. The molecule has 0 fully saturated rings. The number of alkyl halides is 6. The molecule has 0 nitrogen and oxygen atoms in total. The molecule has 2 unspecified atom stereocenters. The van der Waals surface area contributed by atoms with E-state index in [0.29, 0.717) is 0 Å². The van der Waals surface area contributed by atoms with E-state index in [1.807, 2.05) is 0 Å². The Hall–Kier alpha value is 0.959. The molecule has 0 spiro atoms. The van der Waals surface area contributed by atoms with E-state index in [4.69, 9.17) is 0 Å². The number of hydrogen-bond acceptors (Lipinski definition) is 0. The zero-order valence-electron chi connectivity index (χ0n) is 7.31. The van der Waals surface area contributed by atoms with Gasteiger partial charge in [-0.1, -0.05) is 0 Å². The van der Waals surface area contributed by atoms with Crippen LogP contribution in [0.15, 0.2) is 0 Å². The SMILES string of the molecule is Cl.Cl.FC(F)C(F)[CH2][Sn][CH2]C(F)C(F)F. The minimum atomic E-state index is -3.08. The van der Waals surface area contributed by atoms with Crippen LogP contribution in [0.3, 0.4) is 0 Å². The topological polar surface area (TPSA) is 0 Å². The van der Waals surface area contributed by atoms with Crippen molar-refractivity contribution in [3.05, 3.63) is 0 Å². The van der Waals surface area contributed by atoms with Gasteiger partial charge in [-0.15, -0.1) is 24.8 Å². The quantitative estimate of drug-likeness (QED) is 0.484. The molecule has 0 saturated heterocycles. The molecule has 0 rings (SSSR count). The van der Waals surface area contributed by atoms with Crippen molar-refractivity contribution < 1.29 is 26.3 Å². The van der Waals surface area contributed by atoms with Crippen LogP contribution < -0.4 is 0 Å². The van der Waals surface area contributed by atoms with Crippen LogP contribution >= 0.6 is 24.8 Å². The fourth-order valence-corrected chi connectivity index (χ4v) is 3.60. The summed E-state index contributed by atoms with van der Waals surface area (Å²) in [5, 5.41) is 0. The second kappa shape index (κ2) is 11.4. The molecule has 0 aliphatic rings. The van der Waals surface area contributed by atoms with Gasteiger partial charge in [0.05, 0.1) is 0 Å². The van der Waals surface area contributed by atoms with Crippen molar-refractivity contribution in [1.29, 1.82) is 0 Å². The average molecular weight is 386 g/mol. The van der Waals surface area contributed by atoms with Crippen LogP contribution in [0.2, 0.25) is 8.87 Å². The van der Waals surface area contributed by atoms with Crippen LogP contribution in [0, 0.1) is 0 Å². The number of halogens is 8. The van der Waals surface area contributed by atoms with E-state index in [1.54, 1.807) is 0 Å².